The third-order valence-corrected chi connectivity index (χ3v) is 3.75. The fraction of sp³-hybridized carbons (Fsp3) is 0.368. The lowest BCUT2D eigenvalue weighted by atomic mass is 10.0. The first-order valence-electron chi connectivity index (χ1n) is 7.77. The smallest absolute Gasteiger partial charge is 0.124 e. The Morgan fingerprint density at radius 2 is 2.05 bits per heavy atom. The van der Waals surface area contributed by atoms with E-state index in [-0.39, 0.29) is 12.6 Å². The third kappa shape index (κ3) is 4.09. The van der Waals surface area contributed by atoms with Gasteiger partial charge in [0.1, 0.15) is 12.4 Å². The normalized spacial score (nSPS) is 12.3. The second kappa shape index (κ2) is 7.97. The predicted octanol–water partition coefficient (Wildman–Crippen LogP) is 3.66. The largest absolute Gasteiger partial charge is 0.489 e. The minimum Gasteiger partial charge on any atom is -0.489 e. The highest BCUT2D eigenvalue weighted by Crippen LogP contribution is 2.28. The van der Waals surface area contributed by atoms with Crippen LogP contribution in [-0.4, -0.2) is 24.4 Å². The lowest BCUT2D eigenvalue weighted by molar-refractivity contribution is 0.237. The molecule has 0 spiro atoms. The molecule has 2 N–H and O–H groups in total. The van der Waals surface area contributed by atoms with Gasteiger partial charge in [-0.15, -0.1) is 0 Å². The van der Waals surface area contributed by atoms with E-state index < -0.39 is 0 Å². The average Bonchev–Trinajstić information content (AvgIpc) is 2.54. The van der Waals surface area contributed by atoms with Crippen LogP contribution >= 0.6 is 0 Å². The lowest BCUT2D eigenvalue weighted by Crippen LogP contribution is -2.31. The number of hydrogen-bond donors (Lipinski definition) is 2. The summed E-state index contributed by atoms with van der Waals surface area (Å²) in [7, 11) is 0. The van der Waals surface area contributed by atoms with Gasteiger partial charge in [-0.05, 0) is 35.8 Å². The summed E-state index contributed by atoms with van der Waals surface area (Å²) in [5.74, 6) is 0.877. The molecule has 2 aromatic carbocycles. The molecule has 0 radical (unpaired) electrons. The Labute approximate surface area is 132 Å². The van der Waals surface area contributed by atoms with Crippen LogP contribution in [0.2, 0.25) is 0 Å². The van der Waals surface area contributed by atoms with Crippen LogP contribution in [0.5, 0.6) is 5.75 Å². The molecule has 0 fully saturated rings. The number of aliphatic hydroxyl groups excluding tert-OH is 1. The molecule has 0 aliphatic carbocycles. The van der Waals surface area contributed by atoms with Crippen molar-refractivity contribution >= 4 is 10.8 Å². The molecular formula is C19H25NO2. The summed E-state index contributed by atoms with van der Waals surface area (Å²) >= 11 is 0. The van der Waals surface area contributed by atoms with Gasteiger partial charge in [0.25, 0.3) is 0 Å². The Bertz CT molecular complexity index is 632. The fourth-order valence-corrected chi connectivity index (χ4v) is 2.42. The molecule has 2 rings (SSSR count). The van der Waals surface area contributed by atoms with Gasteiger partial charge in [0, 0.05) is 18.2 Å². The first kappa shape index (κ1) is 16.5. The van der Waals surface area contributed by atoms with Crippen molar-refractivity contribution in [3.63, 3.8) is 0 Å². The maximum atomic E-state index is 9.36. The van der Waals surface area contributed by atoms with Gasteiger partial charge in [-0.25, -0.2) is 0 Å². The Balaban J connectivity index is 2.32. The number of nitrogens with one attached hydrogen (secondary N) is 1. The number of hydrogen-bond acceptors (Lipinski definition) is 3. The Hall–Kier alpha value is -1.84. The van der Waals surface area contributed by atoms with E-state index in [1.807, 2.05) is 25.1 Å². The van der Waals surface area contributed by atoms with Crippen LogP contribution in [-0.2, 0) is 6.54 Å². The van der Waals surface area contributed by atoms with E-state index in [0.717, 1.165) is 23.3 Å². The minimum absolute atomic E-state index is 0.105. The van der Waals surface area contributed by atoms with Crippen molar-refractivity contribution in [3.05, 3.63) is 54.1 Å². The van der Waals surface area contributed by atoms with Crippen LogP contribution in [0.25, 0.3) is 10.8 Å². The molecule has 0 heterocycles. The van der Waals surface area contributed by atoms with Gasteiger partial charge in [-0.2, -0.15) is 0 Å². The molecule has 2 aromatic rings. The van der Waals surface area contributed by atoms with Gasteiger partial charge in [0.05, 0.1) is 6.61 Å². The maximum absolute atomic E-state index is 9.36. The molecule has 0 aromatic heterocycles. The van der Waals surface area contributed by atoms with Crippen molar-refractivity contribution < 1.29 is 9.84 Å². The molecule has 3 nitrogen and oxygen atoms in total. The predicted molar refractivity (Wildman–Crippen MR) is 92.3 cm³/mol. The molecule has 118 valence electrons. The van der Waals surface area contributed by atoms with Crippen molar-refractivity contribution in [2.45, 2.75) is 32.9 Å². The summed E-state index contributed by atoms with van der Waals surface area (Å²) in [4.78, 5) is 0. The zero-order chi connectivity index (χ0) is 15.9. The second-order valence-electron chi connectivity index (χ2n) is 5.68. The van der Waals surface area contributed by atoms with Crippen molar-refractivity contribution in [3.8, 4) is 5.75 Å². The van der Waals surface area contributed by atoms with E-state index in [9.17, 15) is 5.11 Å². The molecule has 0 aliphatic heterocycles. The van der Waals surface area contributed by atoms with E-state index in [1.54, 1.807) is 0 Å². The standard InChI is InChI=1S/C19H25NO2/c1-4-16(12-21)20-11-18-17-8-6-5-7-15(17)9-10-19(18)22-13-14(2)3/h5-10,16,20-21H,2,4,11-13H2,1,3H3. The number of benzene rings is 2. The third-order valence-electron chi connectivity index (χ3n) is 3.75. The van der Waals surface area contributed by atoms with Crippen molar-refractivity contribution in [2.24, 2.45) is 0 Å². The molecule has 3 heteroatoms. The quantitative estimate of drug-likeness (QED) is 0.731. The Morgan fingerprint density at radius 3 is 2.73 bits per heavy atom. The molecular weight excluding hydrogens is 274 g/mol. The van der Waals surface area contributed by atoms with Crippen LogP contribution in [0.3, 0.4) is 0 Å². The summed E-state index contributed by atoms with van der Waals surface area (Å²) < 4.78 is 5.90. The summed E-state index contributed by atoms with van der Waals surface area (Å²) in [5.41, 5.74) is 2.13. The zero-order valence-electron chi connectivity index (χ0n) is 13.4. The van der Waals surface area contributed by atoms with Gasteiger partial charge >= 0.3 is 0 Å². The van der Waals surface area contributed by atoms with Crippen molar-refractivity contribution in [1.82, 2.24) is 5.32 Å². The van der Waals surface area contributed by atoms with E-state index >= 15 is 0 Å². The SMILES string of the molecule is C=C(C)COc1ccc2ccccc2c1CNC(CC)CO. The van der Waals surface area contributed by atoms with Crippen molar-refractivity contribution in [1.29, 1.82) is 0 Å². The van der Waals surface area contributed by atoms with Gasteiger partial charge in [-0.1, -0.05) is 43.8 Å². The van der Waals surface area contributed by atoms with Gasteiger partial charge in [0.2, 0.25) is 0 Å². The van der Waals surface area contributed by atoms with Crippen LogP contribution in [0, 0.1) is 0 Å². The Kier molecular flexibility index (Phi) is 5.99. The van der Waals surface area contributed by atoms with Crippen molar-refractivity contribution in [2.75, 3.05) is 13.2 Å². The van der Waals surface area contributed by atoms with E-state index in [4.69, 9.17) is 4.74 Å². The van der Waals surface area contributed by atoms with Gasteiger partial charge in [0.15, 0.2) is 0 Å². The van der Waals surface area contributed by atoms with Crippen LogP contribution in [0.4, 0.5) is 0 Å². The number of ether oxygens (including phenoxy) is 1. The number of rotatable bonds is 8. The number of aliphatic hydroxyl groups is 1. The summed E-state index contributed by atoms with van der Waals surface area (Å²) in [6, 6.07) is 12.5. The van der Waals surface area contributed by atoms with Crippen LogP contribution < -0.4 is 10.1 Å². The molecule has 0 amide bonds. The zero-order valence-corrected chi connectivity index (χ0v) is 13.4. The van der Waals surface area contributed by atoms with Crippen LogP contribution in [0.15, 0.2) is 48.6 Å². The van der Waals surface area contributed by atoms with E-state index in [0.29, 0.717) is 13.2 Å². The van der Waals surface area contributed by atoms with E-state index in [2.05, 4.69) is 37.0 Å². The average molecular weight is 299 g/mol. The minimum atomic E-state index is 0.105. The fourth-order valence-electron chi connectivity index (χ4n) is 2.42. The second-order valence-corrected chi connectivity index (χ2v) is 5.68. The summed E-state index contributed by atoms with van der Waals surface area (Å²) in [6.45, 7) is 9.24. The first-order valence-corrected chi connectivity index (χ1v) is 7.77. The molecule has 0 aliphatic rings. The molecule has 0 saturated carbocycles. The molecule has 1 atom stereocenters. The summed E-state index contributed by atoms with van der Waals surface area (Å²) in [6.07, 6.45) is 0.892. The molecule has 0 bridgehead atoms. The van der Waals surface area contributed by atoms with Gasteiger partial charge < -0.3 is 15.2 Å². The maximum Gasteiger partial charge on any atom is 0.124 e. The topological polar surface area (TPSA) is 41.5 Å². The summed E-state index contributed by atoms with van der Waals surface area (Å²) in [5, 5.41) is 15.1. The highest BCUT2D eigenvalue weighted by molar-refractivity contribution is 5.87. The van der Waals surface area contributed by atoms with Crippen LogP contribution in [0.1, 0.15) is 25.8 Å². The first-order chi connectivity index (χ1) is 10.7. The Morgan fingerprint density at radius 1 is 1.27 bits per heavy atom. The lowest BCUT2D eigenvalue weighted by Gasteiger charge is -2.18. The monoisotopic (exact) mass is 299 g/mol. The number of fused-ring (bicyclic) bond motifs is 1. The molecule has 1 unspecified atom stereocenters. The van der Waals surface area contributed by atoms with E-state index in [1.165, 1.54) is 10.8 Å². The highest BCUT2D eigenvalue weighted by atomic mass is 16.5. The molecule has 0 saturated heterocycles. The van der Waals surface area contributed by atoms with Gasteiger partial charge in [-0.3, -0.25) is 0 Å². The highest BCUT2D eigenvalue weighted by Gasteiger charge is 2.11. The molecule has 22 heavy (non-hydrogen) atoms.